The van der Waals surface area contributed by atoms with E-state index in [1.54, 1.807) is 19.1 Å². The summed E-state index contributed by atoms with van der Waals surface area (Å²) in [6.07, 6.45) is -4.15. The number of carbonyl (C=O) groups is 2. The molecule has 0 saturated carbocycles. The molecule has 0 saturated heterocycles. The predicted molar refractivity (Wildman–Crippen MR) is 88.9 cm³/mol. The molecule has 0 radical (unpaired) electrons. The standard InChI is InChI=1S/C17H16ClF3N2O4/c1-3-26-16(25)13(15(24)23-8-11-5-4-9(2)27-11)14-12(18)6-10(7-22-14)17(19,20)21/h4-7,13H,3,8H2,1-2H3,(H,23,24)/t13-/m1/s1. The average Bonchev–Trinajstić information content (AvgIpc) is 2.99. The average molecular weight is 405 g/mol. The number of rotatable bonds is 6. The number of esters is 1. The van der Waals surface area contributed by atoms with Crippen LogP contribution in [0.4, 0.5) is 13.2 Å². The number of nitrogens with zero attached hydrogens (tertiary/aromatic N) is 1. The van der Waals surface area contributed by atoms with Crippen molar-refractivity contribution in [3.63, 3.8) is 0 Å². The van der Waals surface area contributed by atoms with E-state index >= 15 is 0 Å². The van der Waals surface area contributed by atoms with Gasteiger partial charge in [-0.25, -0.2) is 0 Å². The first kappa shape index (κ1) is 20.8. The number of halogens is 4. The van der Waals surface area contributed by atoms with Crippen LogP contribution in [0.25, 0.3) is 0 Å². The number of ether oxygens (including phenoxy) is 1. The molecule has 1 amide bonds. The van der Waals surface area contributed by atoms with E-state index in [9.17, 15) is 22.8 Å². The second-order valence-corrected chi connectivity index (χ2v) is 5.91. The van der Waals surface area contributed by atoms with Crippen molar-refractivity contribution in [1.29, 1.82) is 0 Å². The van der Waals surface area contributed by atoms with Crippen LogP contribution in [0.2, 0.25) is 5.02 Å². The van der Waals surface area contributed by atoms with E-state index in [1.165, 1.54) is 6.92 Å². The summed E-state index contributed by atoms with van der Waals surface area (Å²) in [6.45, 7) is 3.19. The maximum Gasteiger partial charge on any atom is 0.417 e. The quantitative estimate of drug-likeness (QED) is 0.587. The third-order valence-corrected chi connectivity index (χ3v) is 3.79. The molecule has 0 aliphatic heterocycles. The summed E-state index contributed by atoms with van der Waals surface area (Å²) in [4.78, 5) is 28.3. The highest BCUT2D eigenvalue weighted by molar-refractivity contribution is 6.32. The highest BCUT2D eigenvalue weighted by Crippen LogP contribution is 2.33. The minimum atomic E-state index is -4.66. The number of amides is 1. The molecule has 0 spiro atoms. The van der Waals surface area contributed by atoms with Crippen LogP contribution in [-0.2, 0) is 27.0 Å². The number of aryl methyl sites for hydroxylation is 1. The Labute approximate surface area is 157 Å². The molecule has 2 heterocycles. The molecule has 2 rings (SSSR count). The van der Waals surface area contributed by atoms with Gasteiger partial charge in [-0.2, -0.15) is 13.2 Å². The van der Waals surface area contributed by atoms with Crippen LogP contribution >= 0.6 is 11.6 Å². The van der Waals surface area contributed by atoms with Crippen LogP contribution < -0.4 is 5.32 Å². The van der Waals surface area contributed by atoms with Gasteiger partial charge in [-0.15, -0.1) is 0 Å². The Morgan fingerprint density at radius 1 is 1.37 bits per heavy atom. The van der Waals surface area contributed by atoms with Gasteiger partial charge in [-0.3, -0.25) is 14.6 Å². The lowest BCUT2D eigenvalue weighted by Crippen LogP contribution is -2.35. The van der Waals surface area contributed by atoms with Crippen molar-refractivity contribution in [2.24, 2.45) is 0 Å². The van der Waals surface area contributed by atoms with Crippen LogP contribution in [0.3, 0.4) is 0 Å². The monoisotopic (exact) mass is 404 g/mol. The fourth-order valence-electron chi connectivity index (χ4n) is 2.24. The minimum absolute atomic E-state index is 0.0270. The van der Waals surface area contributed by atoms with E-state index in [1.807, 2.05) is 0 Å². The zero-order valence-corrected chi connectivity index (χ0v) is 15.1. The molecule has 6 nitrogen and oxygen atoms in total. The van der Waals surface area contributed by atoms with Gasteiger partial charge in [-0.05, 0) is 32.0 Å². The third kappa shape index (κ3) is 5.22. The Hall–Kier alpha value is -2.55. The summed E-state index contributed by atoms with van der Waals surface area (Å²) >= 11 is 5.87. The Morgan fingerprint density at radius 3 is 2.59 bits per heavy atom. The first-order chi connectivity index (χ1) is 12.6. The first-order valence-electron chi connectivity index (χ1n) is 7.85. The van der Waals surface area contributed by atoms with Gasteiger partial charge in [0.2, 0.25) is 5.91 Å². The maximum absolute atomic E-state index is 12.8. The lowest BCUT2D eigenvalue weighted by Gasteiger charge is -2.17. The van der Waals surface area contributed by atoms with Crippen molar-refractivity contribution >= 4 is 23.5 Å². The number of pyridine rings is 1. The summed E-state index contributed by atoms with van der Waals surface area (Å²) in [7, 11) is 0. The Bertz CT molecular complexity index is 836. The Kier molecular flexibility index (Phi) is 6.48. The highest BCUT2D eigenvalue weighted by atomic mass is 35.5. The van der Waals surface area contributed by atoms with Crippen LogP contribution in [-0.4, -0.2) is 23.5 Å². The fraction of sp³-hybridized carbons (Fsp3) is 0.353. The van der Waals surface area contributed by atoms with Gasteiger partial charge in [0.05, 0.1) is 29.4 Å². The number of aromatic nitrogens is 1. The fourth-order valence-corrected chi connectivity index (χ4v) is 2.52. The van der Waals surface area contributed by atoms with E-state index in [-0.39, 0.29) is 18.8 Å². The third-order valence-electron chi connectivity index (χ3n) is 3.49. The molecular weight excluding hydrogens is 389 g/mol. The number of hydrogen-bond acceptors (Lipinski definition) is 5. The van der Waals surface area contributed by atoms with Crippen molar-refractivity contribution in [2.45, 2.75) is 32.5 Å². The zero-order valence-electron chi connectivity index (χ0n) is 14.4. The van der Waals surface area contributed by atoms with Gasteiger partial charge >= 0.3 is 12.1 Å². The van der Waals surface area contributed by atoms with Crippen LogP contribution in [0.15, 0.2) is 28.8 Å². The molecule has 0 aliphatic carbocycles. The lowest BCUT2D eigenvalue weighted by molar-refractivity contribution is -0.148. The largest absolute Gasteiger partial charge is 0.465 e. The molecule has 2 aromatic heterocycles. The van der Waals surface area contributed by atoms with Gasteiger partial charge in [-0.1, -0.05) is 11.6 Å². The Balaban J connectivity index is 2.28. The van der Waals surface area contributed by atoms with E-state index in [0.29, 0.717) is 23.8 Å². The molecule has 0 bridgehead atoms. The second kappa shape index (κ2) is 8.43. The maximum atomic E-state index is 12.8. The molecule has 146 valence electrons. The van der Waals surface area contributed by atoms with Crippen molar-refractivity contribution in [1.82, 2.24) is 10.3 Å². The molecule has 27 heavy (non-hydrogen) atoms. The molecule has 2 aromatic rings. The molecular formula is C17H16ClF3N2O4. The van der Waals surface area contributed by atoms with E-state index in [2.05, 4.69) is 10.3 Å². The van der Waals surface area contributed by atoms with Gasteiger partial charge < -0.3 is 14.5 Å². The smallest absolute Gasteiger partial charge is 0.417 e. The SMILES string of the molecule is CCOC(=O)[C@@H](C(=O)NCc1ccc(C)o1)c1ncc(C(F)(F)F)cc1Cl. The van der Waals surface area contributed by atoms with Gasteiger partial charge in [0, 0.05) is 6.20 Å². The van der Waals surface area contributed by atoms with Gasteiger partial charge in [0.15, 0.2) is 5.92 Å². The summed E-state index contributed by atoms with van der Waals surface area (Å²) in [5.41, 5.74) is -1.42. The van der Waals surface area contributed by atoms with Crippen LogP contribution in [0.5, 0.6) is 0 Å². The number of carbonyl (C=O) groups excluding carboxylic acids is 2. The highest BCUT2D eigenvalue weighted by Gasteiger charge is 2.36. The van der Waals surface area contributed by atoms with Crippen LogP contribution in [0, 0.1) is 6.92 Å². The van der Waals surface area contributed by atoms with Crippen molar-refractivity contribution in [3.8, 4) is 0 Å². The summed E-state index contributed by atoms with van der Waals surface area (Å²) in [5, 5.41) is 2.00. The van der Waals surface area contributed by atoms with Crippen molar-refractivity contribution < 1.29 is 31.9 Å². The minimum Gasteiger partial charge on any atom is -0.465 e. The predicted octanol–water partition coefficient (Wildman–Crippen LogP) is 3.62. The lowest BCUT2D eigenvalue weighted by atomic mass is 10.0. The summed E-state index contributed by atoms with van der Waals surface area (Å²) < 4.78 is 48.5. The Morgan fingerprint density at radius 2 is 2.07 bits per heavy atom. The normalized spacial score (nSPS) is 12.5. The molecule has 10 heteroatoms. The molecule has 0 aliphatic rings. The van der Waals surface area contributed by atoms with Gasteiger partial charge in [0.25, 0.3) is 0 Å². The van der Waals surface area contributed by atoms with E-state index in [0.717, 1.165) is 0 Å². The van der Waals surface area contributed by atoms with Crippen molar-refractivity contribution in [2.75, 3.05) is 6.61 Å². The molecule has 0 fully saturated rings. The topological polar surface area (TPSA) is 81.4 Å². The molecule has 0 aromatic carbocycles. The van der Waals surface area contributed by atoms with Crippen LogP contribution in [0.1, 0.15) is 35.6 Å². The molecule has 1 atom stereocenters. The summed E-state index contributed by atoms with van der Waals surface area (Å²) in [6, 6.07) is 3.94. The van der Waals surface area contributed by atoms with E-state index < -0.39 is 34.6 Å². The summed E-state index contributed by atoms with van der Waals surface area (Å²) in [5.74, 6) is -2.34. The number of nitrogens with one attached hydrogen (secondary N) is 1. The first-order valence-corrected chi connectivity index (χ1v) is 8.23. The van der Waals surface area contributed by atoms with E-state index in [4.69, 9.17) is 20.8 Å². The van der Waals surface area contributed by atoms with Crippen molar-refractivity contribution in [3.05, 3.63) is 52.2 Å². The van der Waals surface area contributed by atoms with Gasteiger partial charge in [0.1, 0.15) is 11.5 Å². The molecule has 1 N–H and O–H groups in total. The number of alkyl halides is 3. The number of furan rings is 1. The molecule has 0 unspecified atom stereocenters. The zero-order chi connectivity index (χ0) is 20.2. The second-order valence-electron chi connectivity index (χ2n) is 5.50. The number of hydrogen-bond donors (Lipinski definition) is 1.